The second-order valence-corrected chi connectivity index (χ2v) is 13.2. The molecule has 1 aliphatic carbocycles. The quantitative estimate of drug-likeness (QED) is 0.194. The number of aryl methyl sites for hydroxylation is 1. The molecular formula is C37H30BrNO2. The van der Waals surface area contributed by atoms with Gasteiger partial charge < -0.3 is 0 Å². The fourth-order valence-electron chi connectivity index (χ4n) is 6.98. The number of carbonyl (C=O) groups excluding carboxylic acids is 2. The Morgan fingerprint density at radius 2 is 1.27 bits per heavy atom. The molecule has 1 heterocycles. The van der Waals surface area contributed by atoms with Crippen molar-refractivity contribution in [1.29, 1.82) is 0 Å². The van der Waals surface area contributed by atoms with E-state index in [0.29, 0.717) is 16.8 Å². The summed E-state index contributed by atoms with van der Waals surface area (Å²) in [5.41, 5.74) is 8.20. The highest BCUT2D eigenvalue weighted by molar-refractivity contribution is 9.10. The summed E-state index contributed by atoms with van der Waals surface area (Å²) in [4.78, 5) is 30.4. The average molecular weight is 601 g/mol. The summed E-state index contributed by atoms with van der Waals surface area (Å²) >= 11 is 3.49. The van der Waals surface area contributed by atoms with Gasteiger partial charge in [0, 0.05) is 20.9 Å². The van der Waals surface area contributed by atoms with E-state index < -0.39 is 5.41 Å². The summed E-state index contributed by atoms with van der Waals surface area (Å²) in [5.74, 6) is -0.528. The molecule has 0 spiro atoms. The van der Waals surface area contributed by atoms with Gasteiger partial charge in [-0.15, -0.1) is 0 Å². The van der Waals surface area contributed by atoms with Gasteiger partial charge in [-0.05, 0) is 75.3 Å². The van der Waals surface area contributed by atoms with E-state index in [1.165, 1.54) is 21.4 Å². The third-order valence-corrected chi connectivity index (χ3v) is 9.79. The van der Waals surface area contributed by atoms with Gasteiger partial charge >= 0.3 is 0 Å². The zero-order valence-corrected chi connectivity index (χ0v) is 25.4. The molecule has 0 N–H and O–H groups in total. The van der Waals surface area contributed by atoms with E-state index >= 15 is 0 Å². The summed E-state index contributed by atoms with van der Waals surface area (Å²) in [6.45, 7) is 10.9. The second-order valence-electron chi connectivity index (χ2n) is 12.3. The lowest BCUT2D eigenvalue weighted by molar-refractivity contribution is 0.0926. The second kappa shape index (κ2) is 8.74. The zero-order valence-electron chi connectivity index (χ0n) is 23.8. The van der Waals surface area contributed by atoms with Crippen molar-refractivity contribution in [2.45, 2.75) is 45.4 Å². The molecule has 5 aromatic rings. The number of anilines is 1. The summed E-state index contributed by atoms with van der Waals surface area (Å²) in [6, 6.07) is 30.6. The Balaban J connectivity index is 1.61. The molecule has 4 heteroatoms. The molecular weight excluding hydrogens is 570 g/mol. The molecule has 5 aromatic carbocycles. The van der Waals surface area contributed by atoms with Gasteiger partial charge in [0.15, 0.2) is 0 Å². The Morgan fingerprint density at radius 3 is 1.95 bits per heavy atom. The van der Waals surface area contributed by atoms with Gasteiger partial charge in [0.25, 0.3) is 11.8 Å². The Kier molecular flexibility index (Phi) is 5.52. The number of carbonyl (C=O) groups is 2. The molecule has 202 valence electrons. The molecule has 0 atom stereocenters. The number of imide groups is 1. The van der Waals surface area contributed by atoms with Crippen molar-refractivity contribution in [2.75, 3.05) is 4.90 Å². The smallest absolute Gasteiger partial charge is 0.266 e. The first-order valence-corrected chi connectivity index (χ1v) is 14.8. The van der Waals surface area contributed by atoms with Gasteiger partial charge in [0.05, 0.1) is 16.8 Å². The van der Waals surface area contributed by atoms with Crippen molar-refractivity contribution in [1.82, 2.24) is 0 Å². The van der Waals surface area contributed by atoms with Crippen LogP contribution in [0.15, 0.2) is 95.5 Å². The minimum absolute atomic E-state index is 0.261. The van der Waals surface area contributed by atoms with Gasteiger partial charge in [0.1, 0.15) is 0 Å². The van der Waals surface area contributed by atoms with Gasteiger partial charge in [-0.2, -0.15) is 0 Å². The number of nitrogens with zero attached hydrogens (tertiary/aromatic N) is 1. The van der Waals surface area contributed by atoms with Crippen LogP contribution >= 0.6 is 15.9 Å². The van der Waals surface area contributed by atoms with E-state index in [4.69, 9.17) is 0 Å². The van der Waals surface area contributed by atoms with Gasteiger partial charge in [0.2, 0.25) is 0 Å². The van der Waals surface area contributed by atoms with Crippen molar-refractivity contribution < 1.29 is 9.59 Å². The zero-order chi connectivity index (χ0) is 28.8. The summed E-state index contributed by atoms with van der Waals surface area (Å²) in [6.07, 6.45) is 0. The van der Waals surface area contributed by atoms with Crippen LogP contribution in [0, 0.1) is 6.92 Å². The van der Waals surface area contributed by atoms with Gasteiger partial charge in [-0.3, -0.25) is 9.59 Å². The van der Waals surface area contributed by atoms with Crippen molar-refractivity contribution in [3.63, 3.8) is 0 Å². The number of amides is 2. The minimum Gasteiger partial charge on any atom is -0.268 e. The standard InChI is InChI=1S/C37H30BrNO2/c1-21-19-27-30(26-14-10-9-13-25(21)26)31-28(37(27,4)5)20-29(36(2,3)22-11-7-6-8-12-22)32-33(31)35(41)39(34(32)40)24-17-15-23(38)16-18-24/h6-20H,1-5H3. The molecule has 1 aliphatic heterocycles. The molecule has 0 aromatic heterocycles. The monoisotopic (exact) mass is 599 g/mol. The van der Waals surface area contributed by atoms with Crippen LogP contribution in [-0.2, 0) is 10.8 Å². The Bertz CT molecular complexity index is 1930. The maximum absolute atomic E-state index is 14.6. The SMILES string of the molecule is Cc1cc2c(c3ccccc13)-c1c(cc(C(C)(C)c3ccccc3)c3c1C(=O)N(c1ccc(Br)cc1)C3=O)C2(C)C. The maximum atomic E-state index is 14.6. The van der Waals surface area contributed by atoms with Crippen LogP contribution in [0.1, 0.15) is 76.2 Å². The highest BCUT2D eigenvalue weighted by Gasteiger charge is 2.49. The first kappa shape index (κ1) is 25.9. The van der Waals surface area contributed by atoms with E-state index in [1.54, 1.807) is 0 Å². The van der Waals surface area contributed by atoms with E-state index in [1.807, 2.05) is 42.5 Å². The molecule has 0 bridgehead atoms. The number of hydrogen-bond donors (Lipinski definition) is 0. The molecule has 0 radical (unpaired) electrons. The minimum atomic E-state index is -0.519. The van der Waals surface area contributed by atoms with E-state index in [-0.39, 0.29) is 17.2 Å². The molecule has 41 heavy (non-hydrogen) atoms. The predicted molar refractivity (Wildman–Crippen MR) is 170 cm³/mol. The topological polar surface area (TPSA) is 37.4 Å². The van der Waals surface area contributed by atoms with Gasteiger partial charge in [-0.25, -0.2) is 4.90 Å². The lowest BCUT2D eigenvalue weighted by Gasteiger charge is -2.30. The highest BCUT2D eigenvalue weighted by atomic mass is 79.9. The molecule has 0 unspecified atom stereocenters. The number of hydrogen-bond acceptors (Lipinski definition) is 2. The number of rotatable bonds is 3. The molecule has 0 saturated carbocycles. The Labute approximate surface area is 249 Å². The molecule has 7 rings (SSSR count). The van der Waals surface area contributed by atoms with Crippen LogP contribution in [0.3, 0.4) is 0 Å². The fraction of sp³-hybridized carbons (Fsp3) is 0.189. The Hall–Kier alpha value is -4.02. The van der Waals surface area contributed by atoms with Crippen LogP contribution in [-0.4, -0.2) is 11.8 Å². The van der Waals surface area contributed by atoms with E-state index in [2.05, 4.69) is 99.1 Å². The lowest BCUT2D eigenvalue weighted by atomic mass is 9.72. The Morgan fingerprint density at radius 1 is 0.683 bits per heavy atom. The summed E-state index contributed by atoms with van der Waals surface area (Å²) < 4.78 is 0.891. The van der Waals surface area contributed by atoms with E-state index in [0.717, 1.165) is 37.7 Å². The largest absolute Gasteiger partial charge is 0.268 e. The average Bonchev–Trinajstić information content (AvgIpc) is 3.35. The molecule has 0 fully saturated rings. The van der Waals surface area contributed by atoms with Crippen LogP contribution < -0.4 is 4.90 Å². The number of fused-ring (bicyclic) bond motifs is 7. The van der Waals surface area contributed by atoms with Crippen LogP contribution in [0.4, 0.5) is 5.69 Å². The highest BCUT2D eigenvalue weighted by Crippen LogP contribution is 2.56. The summed E-state index contributed by atoms with van der Waals surface area (Å²) in [5, 5.41) is 2.29. The molecule has 0 saturated heterocycles. The van der Waals surface area contributed by atoms with Crippen molar-refractivity contribution in [3.8, 4) is 11.1 Å². The van der Waals surface area contributed by atoms with Crippen LogP contribution in [0.2, 0.25) is 0 Å². The fourth-order valence-corrected chi connectivity index (χ4v) is 7.24. The lowest BCUT2D eigenvalue weighted by Crippen LogP contribution is -2.30. The normalized spacial score (nSPS) is 15.3. The first-order chi connectivity index (χ1) is 19.5. The van der Waals surface area contributed by atoms with Gasteiger partial charge in [-0.1, -0.05) is 110 Å². The third-order valence-electron chi connectivity index (χ3n) is 9.26. The predicted octanol–water partition coefficient (Wildman–Crippen LogP) is 9.34. The molecule has 2 amide bonds. The number of halogens is 1. The van der Waals surface area contributed by atoms with Crippen molar-refractivity contribution in [3.05, 3.63) is 134 Å². The molecule has 3 nitrogen and oxygen atoms in total. The first-order valence-electron chi connectivity index (χ1n) is 14.0. The summed E-state index contributed by atoms with van der Waals surface area (Å²) in [7, 11) is 0. The van der Waals surface area contributed by atoms with E-state index in [9.17, 15) is 9.59 Å². The molecule has 2 aliphatic rings. The third kappa shape index (κ3) is 3.50. The number of benzene rings is 5. The van der Waals surface area contributed by atoms with Crippen molar-refractivity contribution >= 4 is 44.2 Å². The van der Waals surface area contributed by atoms with Crippen molar-refractivity contribution in [2.24, 2.45) is 0 Å². The van der Waals surface area contributed by atoms with Crippen LogP contribution in [0.25, 0.3) is 21.9 Å². The van der Waals surface area contributed by atoms with Crippen LogP contribution in [0.5, 0.6) is 0 Å². The maximum Gasteiger partial charge on any atom is 0.266 e.